The van der Waals surface area contributed by atoms with E-state index >= 15 is 0 Å². The van der Waals surface area contributed by atoms with Gasteiger partial charge in [0.15, 0.2) is 0 Å². The van der Waals surface area contributed by atoms with E-state index < -0.39 is 0 Å². The van der Waals surface area contributed by atoms with Crippen molar-refractivity contribution in [1.82, 2.24) is 10.2 Å². The van der Waals surface area contributed by atoms with Crippen LogP contribution >= 0.6 is 0 Å². The molecule has 0 atom stereocenters. The summed E-state index contributed by atoms with van der Waals surface area (Å²) in [5.74, 6) is -0.281. The first-order chi connectivity index (χ1) is 14.1. The first-order valence-corrected chi connectivity index (χ1v) is 10.8. The van der Waals surface area contributed by atoms with Crippen LogP contribution in [0, 0.1) is 5.82 Å². The molecule has 0 aromatic heterocycles. The third-order valence-electron chi connectivity index (χ3n) is 5.81. The topological polar surface area (TPSA) is 44.4 Å². The predicted octanol–water partition coefficient (Wildman–Crippen LogP) is 5.73. The first kappa shape index (κ1) is 22.3. The standard InChI is InChI=1S/C25H34FN3O/c1-6-18-11-8-10-14-22(18)27-23(30)29(17-19-12-7-9-13-21(19)26)20-15-24(2,3)28-25(4,5)16-20/h7-14,20,28H,6,15-17H2,1-5H3,(H,27,30). The van der Waals surface area contributed by atoms with Crippen molar-refractivity contribution in [2.45, 2.75) is 77.5 Å². The Morgan fingerprint density at radius 1 is 1.03 bits per heavy atom. The number of urea groups is 1. The monoisotopic (exact) mass is 411 g/mol. The highest BCUT2D eigenvalue weighted by Crippen LogP contribution is 2.33. The summed E-state index contributed by atoms with van der Waals surface area (Å²) in [6.07, 6.45) is 2.43. The van der Waals surface area contributed by atoms with Gasteiger partial charge in [0.2, 0.25) is 0 Å². The number of carbonyl (C=O) groups excluding carboxylic acids is 1. The number of piperidine rings is 1. The Bertz CT molecular complexity index is 877. The van der Waals surface area contributed by atoms with Crippen LogP contribution in [0.3, 0.4) is 0 Å². The zero-order chi connectivity index (χ0) is 21.9. The largest absolute Gasteiger partial charge is 0.322 e. The van der Waals surface area contributed by atoms with Gasteiger partial charge in [0.25, 0.3) is 0 Å². The molecule has 2 amide bonds. The molecule has 5 heteroatoms. The summed E-state index contributed by atoms with van der Waals surface area (Å²) < 4.78 is 14.5. The molecule has 1 fully saturated rings. The van der Waals surface area contributed by atoms with Crippen molar-refractivity contribution < 1.29 is 9.18 Å². The molecule has 3 rings (SSSR count). The Morgan fingerprint density at radius 2 is 1.60 bits per heavy atom. The number of para-hydroxylation sites is 1. The molecule has 1 saturated heterocycles. The van der Waals surface area contributed by atoms with Crippen LogP contribution in [0.5, 0.6) is 0 Å². The molecule has 2 N–H and O–H groups in total. The third kappa shape index (κ3) is 5.39. The minimum atomic E-state index is -0.281. The van der Waals surface area contributed by atoms with E-state index in [9.17, 15) is 9.18 Å². The molecule has 0 radical (unpaired) electrons. The zero-order valence-corrected chi connectivity index (χ0v) is 18.8. The second kappa shape index (κ2) is 8.76. The maximum Gasteiger partial charge on any atom is 0.322 e. The lowest BCUT2D eigenvalue weighted by Crippen LogP contribution is -2.63. The van der Waals surface area contributed by atoms with Gasteiger partial charge in [-0.3, -0.25) is 0 Å². The van der Waals surface area contributed by atoms with Crippen molar-refractivity contribution in [2.75, 3.05) is 5.32 Å². The number of amides is 2. The summed E-state index contributed by atoms with van der Waals surface area (Å²) in [6.45, 7) is 10.9. The van der Waals surface area contributed by atoms with Crippen molar-refractivity contribution in [2.24, 2.45) is 0 Å². The van der Waals surface area contributed by atoms with E-state index in [1.807, 2.05) is 35.2 Å². The van der Waals surface area contributed by atoms with Crippen LogP contribution in [-0.2, 0) is 13.0 Å². The zero-order valence-electron chi connectivity index (χ0n) is 18.8. The Hall–Kier alpha value is -2.40. The molecule has 0 spiro atoms. The van der Waals surface area contributed by atoms with Crippen LogP contribution in [0.25, 0.3) is 0 Å². The highest BCUT2D eigenvalue weighted by Gasteiger charge is 2.41. The van der Waals surface area contributed by atoms with Gasteiger partial charge in [0.05, 0.1) is 6.54 Å². The molecule has 2 aromatic carbocycles. The van der Waals surface area contributed by atoms with Gasteiger partial charge in [-0.1, -0.05) is 43.3 Å². The molecule has 1 aliphatic heterocycles. The predicted molar refractivity (Wildman–Crippen MR) is 121 cm³/mol. The summed E-state index contributed by atoms with van der Waals surface area (Å²) in [5.41, 5.74) is 2.19. The van der Waals surface area contributed by atoms with Crippen LogP contribution in [-0.4, -0.2) is 28.1 Å². The third-order valence-corrected chi connectivity index (χ3v) is 5.81. The van der Waals surface area contributed by atoms with Gasteiger partial charge >= 0.3 is 6.03 Å². The van der Waals surface area contributed by atoms with E-state index in [2.05, 4.69) is 45.3 Å². The molecular formula is C25H34FN3O. The number of halogens is 1. The number of hydrogen-bond donors (Lipinski definition) is 2. The molecule has 2 aromatic rings. The van der Waals surface area contributed by atoms with Gasteiger partial charge < -0.3 is 15.5 Å². The van der Waals surface area contributed by atoms with Crippen molar-refractivity contribution in [3.05, 3.63) is 65.5 Å². The summed E-state index contributed by atoms with van der Waals surface area (Å²) in [5, 5.41) is 6.76. The van der Waals surface area contributed by atoms with E-state index in [0.29, 0.717) is 5.56 Å². The SMILES string of the molecule is CCc1ccccc1NC(=O)N(Cc1ccccc1F)C1CC(C)(C)NC(C)(C)C1. The Labute approximate surface area is 179 Å². The lowest BCUT2D eigenvalue weighted by Gasteiger charge is -2.49. The highest BCUT2D eigenvalue weighted by atomic mass is 19.1. The van der Waals surface area contributed by atoms with Crippen molar-refractivity contribution >= 4 is 11.7 Å². The van der Waals surface area contributed by atoms with E-state index in [0.717, 1.165) is 30.5 Å². The first-order valence-electron chi connectivity index (χ1n) is 10.8. The number of nitrogens with one attached hydrogen (secondary N) is 2. The van der Waals surface area contributed by atoms with Gasteiger partial charge in [0, 0.05) is 28.4 Å². The van der Waals surface area contributed by atoms with Crippen LogP contribution in [0.15, 0.2) is 48.5 Å². The fraction of sp³-hybridized carbons (Fsp3) is 0.480. The van der Waals surface area contributed by atoms with Crippen LogP contribution < -0.4 is 10.6 Å². The Morgan fingerprint density at radius 3 is 2.20 bits per heavy atom. The van der Waals surface area contributed by atoms with Crippen LogP contribution in [0.4, 0.5) is 14.9 Å². The summed E-state index contributed by atoms with van der Waals surface area (Å²) in [4.78, 5) is 15.3. The summed E-state index contributed by atoms with van der Waals surface area (Å²) >= 11 is 0. The van der Waals surface area contributed by atoms with E-state index in [1.54, 1.807) is 12.1 Å². The summed E-state index contributed by atoms with van der Waals surface area (Å²) in [7, 11) is 0. The van der Waals surface area contributed by atoms with Gasteiger partial charge in [0.1, 0.15) is 5.82 Å². The van der Waals surface area contributed by atoms with Crippen LogP contribution in [0.1, 0.15) is 58.6 Å². The molecule has 0 bridgehead atoms. The molecule has 162 valence electrons. The highest BCUT2D eigenvalue weighted by molar-refractivity contribution is 5.90. The lowest BCUT2D eigenvalue weighted by atomic mass is 9.79. The number of benzene rings is 2. The number of nitrogens with zero attached hydrogens (tertiary/aromatic N) is 1. The fourth-order valence-electron chi connectivity index (χ4n) is 4.80. The lowest BCUT2D eigenvalue weighted by molar-refractivity contribution is 0.0831. The summed E-state index contributed by atoms with van der Waals surface area (Å²) in [6, 6.07) is 14.4. The number of anilines is 1. The van der Waals surface area contributed by atoms with Gasteiger partial charge in [-0.05, 0) is 64.7 Å². The fourth-order valence-corrected chi connectivity index (χ4v) is 4.80. The molecular weight excluding hydrogens is 377 g/mol. The van der Waals surface area contributed by atoms with Gasteiger partial charge in [-0.2, -0.15) is 0 Å². The average molecular weight is 412 g/mol. The van der Waals surface area contributed by atoms with E-state index in [4.69, 9.17) is 0 Å². The molecule has 30 heavy (non-hydrogen) atoms. The average Bonchev–Trinajstić information content (AvgIpc) is 2.65. The second-order valence-corrected chi connectivity index (χ2v) is 9.62. The smallest absolute Gasteiger partial charge is 0.317 e. The van der Waals surface area contributed by atoms with E-state index in [1.165, 1.54) is 6.07 Å². The minimum absolute atomic E-state index is 0.00959. The molecule has 1 aliphatic rings. The Balaban J connectivity index is 1.92. The quantitative estimate of drug-likeness (QED) is 0.660. The number of carbonyl (C=O) groups is 1. The second-order valence-electron chi connectivity index (χ2n) is 9.62. The number of rotatable bonds is 5. The van der Waals surface area contributed by atoms with Crippen molar-refractivity contribution in [1.29, 1.82) is 0 Å². The minimum Gasteiger partial charge on any atom is -0.317 e. The van der Waals surface area contributed by atoms with E-state index in [-0.39, 0.29) is 35.5 Å². The molecule has 4 nitrogen and oxygen atoms in total. The Kier molecular flexibility index (Phi) is 6.51. The molecule has 0 aliphatic carbocycles. The molecule has 0 unspecified atom stereocenters. The van der Waals surface area contributed by atoms with Gasteiger partial charge in [-0.25, -0.2) is 9.18 Å². The van der Waals surface area contributed by atoms with Crippen molar-refractivity contribution in [3.8, 4) is 0 Å². The number of aryl methyl sites for hydroxylation is 1. The van der Waals surface area contributed by atoms with Crippen molar-refractivity contribution in [3.63, 3.8) is 0 Å². The van der Waals surface area contributed by atoms with Gasteiger partial charge in [-0.15, -0.1) is 0 Å². The maximum atomic E-state index is 14.5. The maximum absolute atomic E-state index is 14.5. The number of hydrogen-bond acceptors (Lipinski definition) is 2. The molecule has 1 heterocycles. The molecule has 0 saturated carbocycles. The van der Waals surface area contributed by atoms with Crippen LogP contribution in [0.2, 0.25) is 0 Å². The normalized spacial score (nSPS) is 18.1.